The van der Waals surface area contributed by atoms with Crippen molar-refractivity contribution in [1.82, 2.24) is 8.96 Å². The summed E-state index contributed by atoms with van der Waals surface area (Å²) in [6.45, 7) is 3.61. The van der Waals surface area contributed by atoms with Gasteiger partial charge in [-0.1, -0.05) is 0 Å². The van der Waals surface area contributed by atoms with Crippen LogP contribution in [0.1, 0.15) is 23.2 Å². The van der Waals surface area contributed by atoms with Gasteiger partial charge >= 0.3 is 5.97 Å². The van der Waals surface area contributed by atoms with Crippen molar-refractivity contribution in [2.75, 3.05) is 6.61 Å². The average Bonchev–Trinajstić information content (AvgIpc) is 2.47. The Kier molecular flexibility index (Phi) is 3.30. The lowest BCUT2D eigenvalue weighted by Crippen LogP contribution is -2.09. The van der Waals surface area contributed by atoms with Crippen molar-refractivity contribution in [3.05, 3.63) is 17.7 Å². The maximum Gasteiger partial charge on any atom is 0.375 e. The number of halogens is 1. The van der Waals surface area contributed by atoms with E-state index in [4.69, 9.17) is 0 Å². The normalized spacial score (nSPS) is 10.1. The summed E-state index contributed by atoms with van der Waals surface area (Å²) in [7, 11) is 0. The van der Waals surface area contributed by atoms with Crippen molar-refractivity contribution < 1.29 is 13.4 Å². The Morgan fingerprint density at radius 2 is 2.54 bits per heavy atom. The molecule has 0 unspecified atom stereocenters. The first-order chi connectivity index (χ1) is 6.19. The fraction of sp³-hybridized carbons (Fsp3) is 0.429. The summed E-state index contributed by atoms with van der Waals surface area (Å²) < 4.78 is 17.9. The molecular weight excluding hydrogens is 195 g/mol. The zero-order valence-electron chi connectivity index (χ0n) is 7.28. The highest BCUT2D eigenvalue weighted by Crippen LogP contribution is 2.13. The van der Waals surface area contributed by atoms with Crippen molar-refractivity contribution in [3.8, 4) is 0 Å². The Morgan fingerprint density at radius 3 is 3.08 bits per heavy atom. The van der Waals surface area contributed by atoms with Gasteiger partial charge in [0.05, 0.1) is 12.3 Å². The number of hydrogen-bond donors (Lipinski definition) is 0. The molecule has 0 saturated heterocycles. The van der Waals surface area contributed by atoms with Crippen LogP contribution in [0.2, 0.25) is 0 Å². The highest BCUT2D eigenvalue weighted by atomic mass is 32.2. The van der Waals surface area contributed by atoms with Gasteiger partial charge in [0.15, 0.2) is 12.3 Å². The monoisotopic (exact) mass is 204 g/mol. The summed E-state index contributed by atoms with van der Waals surface area (Å²) in [5.41, 5.74) is 0.577. The smallest absolute Gasteiger partial charge is 0.375 e. The number of ether oxygens (including phenoxy) is 1. The van der Waals surface area contributed by atoms with Gasteiger partial charge < -0.3 is 4.74 Å². The topological polar surface area (TPSA) is 44.1 Å². The minimum Gasteiger partial charge on any atom is -0.460 e. The van der Waals surface area contributed by atoms with Crippen molar-refractivity contribution in [2.45, 2.75) is 13.8 Å². The van der Waals surface area contributed by atoms with Crippen molar-refractivity contribution >= 4 is 18.3 Å². The van der Waals surface area contributed by atoms with E-state index in [2.05, 4.69) is 9.72 Å². The van der Waals surface area contributed by atoms with Crippen LogP contribution in [-0.4, -0.2) is 21.5 Å². The molecule has 0 aliphatic heterocycles. The Balaban J connectivity index is 2.91. The second-order valence-electron chi connectivity index (χ2n) is 2.32. The van der Waals surface area contributed by atoms with Gasteiger partial charge in [-0.25, -0.2) is 13.8 Å². The number of imidazole rings is 1. The molecule has 6 heteroatoms. The third-order valence-electron chi connectivity index (χ3n) is 1.33. The molecule has 4 nitrogen and oxygen atoms in total. The van der Waals surface area contributed by atoms with Crippen molar-refractivity contribution in [2.24, 2.45) is 0 Å². The van der Waals surface area contributed by atoms with Crippen LogP contribution in [0.3, 0.4) is 0 Å². The predicted molar refractivity (Wildman–Crippen MR) is 47.0 cm³/mol. The van der Waals surface area contributed by atoms with E-state index in [1.165, 1.54) is 6.20 Å². The molecule has 1 heterocycles. The third kappa shape index (κ3) is 2.21. The number of nitrogens with zero attached hydrogens (tertiary/aromatic N) is 2. The molecular formula is C7H9FN2O2S. The van der Waals surface area contributed by atoms with E-state index in [0.717, 1.165) is 3.97 Å². The highest BCUT2D eigenvalue weighted by molar-refractivity contribution is 7.92. The van der Waals surface area contributed by atoms with Gasteiger partial charge in [0.1, 0.15) is 0 Å². The van der Waals surface area contributed by atoms with Crippen LogP contribution in [0.4, 0.5) is 3.89 Å². The first-order valence-electron chi connectivity index (χ1n) is 3.71. The minimum atomic E-state index is -0.610. The zero-order valence-corrected chi connectivity index (χ0v) is 8.10. The van der Waals surface area contributed by atoms with Crippen LogP contribution in [0.15, 0.2) is 6.20 Å². The van der Waals surface area contributed by atoms with E-state index in [1.807, 2.05) is 0 Å². The summed E-state index contributed by atoms with van der Waals surface area (Å²) in [6.07, 6.45) is 1.43. The second kappa shape index (κ2) is 4.27. The summed E-state index contributed by atoms with van der Waals surface area (Å²) in [5.74, 6) is -0.632. The molecule has 1 aromatic rings. The summed E-state index contributed by atoms with van der Waals surface area (Å²) in [6, 6.07) is 0. The molecule has 0 saturated carbocycles. The van der Waals surface area contributed by atoms with E-state index in [0.29, 0.717) is 5.69 Å². The largest absolute Gasteiger partial charge is 0.460 e. The van der Waals surface area contributed by atoms with E-state index < -0.39 is 5.97 Å². The maximum atomic E-state index is 12.2. The standard InChI is InChI=1S/C7H9FN2O2S/c1-3-12-7(11)6-9-5(2)4-10(6)13-8/h4H,3H2,1-2H3. The quantitative estimate of drug-likeness (QED) is 0.703. The molecule has 0 amide bonds. The molecule has 0 spiro atoms. The lowest BCUT2D eigenvalue weighted by molar-refractivity contribution is 0.0511. The van der Waals surface area contributed by atoms with E-state index in [-0.39, 0.29) is 24.8 Å². The Labute approximate surface area is 79.5 Å². The maximum absolute atomic E-state index is 12.2. The molecule has 0 bridgehead atoms. The second-order valence-corrected chi connectivity index (χ2v) is 2.85. The summed E-state index contributed by atoms with van der Waals surface area (Å²) in [5, 5.41) is 0. The molecule has 72 valence electrons. The number of rotatable bonds is 3. The predicted octanol–water partition coefficient (Wildman–Crippen LogP) is 1.75. The number of carbonyl (C=O) groups excluding carboxylic acids is 1. The Bertz CT molecular complexity index is 313. The van der Waals surface area contributed by atoms with Crippen LogP contribution < -0.4 is 0 Å². The lowest BCUT2D eigenvalue weighted by atomic mass is 10.6. The molecule has 13 heavy (non-hydrogen) atoms. The molecule has 0 atom stereocenters. The fourth-order valence-electron chi connectivity index (χ4n) is 0.860. The molecule has 0 aliphatic carbocycles. The lowest BCUT2D eigenvalue weighted by Gasteiger charge is -1.99. The van der Waals surface area contributed by atoms with Crippen LogP contribution in [-0.2, 0) is 4.74 Å². The molecule has 1 aromatic heterocycles. The number of carbonyl (C=O) groups is 1. The molecule has 0 N–H and O–H groups in total. The van der Waals surface area contributed by atoms with Gasteiger partial charge in [-0.3, -0.25) is 0 Å². The van der Waals surface area contributed by atoms with Gasteiger partial charge in [0.25, 0.3) is 0 Å². The average molecular weight is 204 g/mol. The molecule has 0 aromatic carbocycles. The molecule has 1 rings (SSSR count). The van der Waals surface area contributed by atoms with Crippen LogP contribution in [0.25, 0.3) is 0 Å². The Hall–Kier alpha value is -1.04. The summed E-state index contributed by atoms with van der Waals surface area (Å²) in [4.78, 5) is 15.0. The van der Waals surface area contributed by atoms with Gasteiger partial charge in [0.2, 0.25) is 5.82 Å². The van der Waals surface area contributed by atoms with Crippen molar-refractivity contribution in [3.63, 3.8) is 0 Å². The first-order valence-corrected chi connectivity index (χ1v) is 4.38. The number of hydrogen-bond acceptors (Lipinski definition) is 4. The summed E-state index contributed by atoms with van der Waals surface area (Å²) >= 11 is -0.0762. The first kappa shape index (κ1) is 10.0. The van der Waals surface area contributed by atoms with Crippen LogP contribution in [0, 0.1) is 6.92 Å². The van der Waals surface area contributed by atoms with Gasteiger partial charge in [-0.15, -0.1) is 3.89 Å². The third-order valence-corrected chi connectivity index (χ3v) is 1.75. The number of esters is 1. The molecule has 0 fully saturated rings. The fourth-order valence-corrected chi connectivity index (χ4v) is 1.23. The van der Waals surface area contributed by atoms with Crippen molar-refractivity contribution in [1.29, 1.82) is 0 Å². The Morgan fingerprint density at radius 1 is 1.85 bits per heavy atom. The van der Waals surface area contributed by atoms with Gasteiger partial charge in [0, 0.05) is 6.20 Å². The highest BCUT2D eigenvalue weighted by Gasteiger charge is 2.15. The van der Waals surface area contributed by atoms with E-state index in [1.54, 1.807) is 13.8 Å². The molecule has 0 aliphatic rings. The van der Waals surface area contributed by atoms with Gasteiger partial charge in [-0.2, -0.15) is 0 Å². The SMILES string of the molecule is CCOC(=O)c1nc(C)cn1SF. The van der Waals surface area contributed by atoms with E-state index in [9.17, 15) is 8.68 Å². The zero-order chi connectivity index (χ0) is 9.84. The van der Waals surface area contributed by atoms with E-state index >= 15 is 0 Å². The van der Waals surface area contributed by atoms with Gasteiger partial charge in [-0.05, 0) is 13.8 Å². The number of aryl methyl sites for hydroxylation is 1. The van der Waals surface area contributed by atoms with Crippen LogP contribution >= 0.6 is 12.3 Å². The minimum absolute atomic E-state index is 0.0214. The molecule has 0 radical (unpaired) electrons. The number of aromatic nitrogens is 2. The van der Waals surface area contributed by atoms with Crippen LogP contribution in [0.5, 0.6) is 0 Å².